The van der Waals surface area contributed by atoms with Crippen molar-refractivity contribution in [3.05, 3.63) is 101 Å². The van der Waals surface area contributed by atoms with Crippen LogP contribution in [0, 0.1) is 6.92 Å². The van der Waals surface area contributed by atoms with Gasteiger partial charge >= 0.3 is 12.1 Å². The van der Waals surface area contributed by atoms with E-state index in [1.54, 1.807) is 0 Å². The highest BCUT2D eigenvalue weighted by atomic mass is 19.4. The fourth-order valence-electron chi connectivity index (χ4n) is 4.69. The Labute approximate surface area is 246 Å². The lowest BCUT2D eigenvalue weighted by molar-refractivity contribution is -0.192. The number of alkyl halides is 3. The summed E-state index contributed by atoms with van der Waals surface area (Å²) in [5.74, 6) is -2.82. The van der Waals surface area contributed by atoms with Crippen LogP contribution in [0.2, 0.25) is 0 Å². The number of hydrogen-bond acceptors (Lipinski definition) is 4. The van der Waals surface area contributed by atoms with Gasteiger partial charge < -0.3 is 10.4 Å². The summed E-state index contributed by atoms with van der Waals surface area (Å²) in [7, 11) is 0. The third-order valence-electron chi connectivity index (χ3n) is 7.04. The predicted molar refractivity (Wildman–Crippen MR) is 160 cm³/mol. The van der Waals surface area contributed by atoms with Gasteiger partial charge in [-0.25, -0.2) is 4.79 Å². The molecule has 0 aromatic heterocycles. The molecule has 3 aromatic carbocycles. The fourth-order valence-corrected chi connectivity index (χ4v) is 4.69. The number of anilines is 1. The van der Waals surface area contributed by atoms with E-state index in [2.05, 4.69) is 91.3 Å². The summed E-state index contributed by atoms with van der Waals surface area (Å²) in [5, 5.41) is 10.1. The van der Waals surface area contributed by atoms with Crippen molar-refractivity contribution < 1.29 is 27.9 Å². The maximum absolute atomic E-state index is 12.7. The number of carbonyl (C=O) groups is 2. The van der Waals surface area contributed by atoms with Crippen molar-refractivity contribution >= 4 is 17.6 Å². The first-order valence-corrected chi connectivity index (χ1v) is 14.0. The van der Waals surface area contributed by atoms with Gasteiger partial charge in [0.1, 0.15) is 0 Å². The smallest absolute Gasteiger partial charge is 0.475 e. The Morgan fingerprint density at radius 2 is 1.36 bits per heavy atom. The normalized spacial score (nSPS) is 14.8. The number of halogens is 3. The number of hydrogen-bond donors (Lipinski definition) is 2. The highest BCUT2D eigenvalue weighted by Crippen LogP contribution is 2.24. The van der Waals surface area contributed by atoms with E-state index in [1.165, 1.54) is 28.7 Å². The van der Waals surface area contributed by atoms with Gasteiger partial charge in [0.15, 0.2) is 0 Å². The van der Waals surface area contributed by atoms with E-state index >= 15 is 0 Å². The lowest BCUT2D eigenvalue weighted by Crippen LogP contribution is -2.30. The summed E-state index contributed by atoms with van der Waals surface area (Å²) in [4.78, 5) is 26.7. The SMILES string of the molecule is Cc1cccc(CN2CCCN(Cc3ccc(C(=O)Nc4ccc(C(C)(C)C)cc4)cc3)CC2)c1.O=C(O)C(F)(F)F. The molecule has 42 heavy (non-hydrogen) atoms. The first-order chi connectivity index (χ1) is 19.7. The molecule has 0 radical (unpaired) electrons. The standard InChI is InChI=1S/C31H39N3O.C2HF3O2/c1-24-7-5-8-26(21-24)23-34-18-6-17-33(19-20-34)22-25-9-11-27(12-10-25)30(35)32-29-15-13-28(14-16-29)31(2,3)4;3-2(4,5)1(6)7/h5,7-16,21H,6,17-20,22-23H2,1-4H3,(H,32,35);(H,6,7). The van der Waals surface area contributed by atoms with Gasteiger partial charge in [0.25, 0.3) is 5.91 Å². The van der Waals surface area contributed by atoms with Gasteiger partial charge in [-0.15, -0.1) is 0 Å². The molecule has 0 bridgehead atoms. The summed E-state index contributed by atoms with van der Waals surface area (Å²) in [6.45, 7) is 15.1. The summed E-state index contributed by atoms with van der Waals surface area (Å²) in [5.41, 5.74) is 6.85. The van der Waals surface area contributed by atoms with Crippen molar-refractivity contribution in [2.24, 2.45) is 0 Å². The van der Waals surface area contributed by atoms with Crippen LogP contribution in [0.5, 0.6) is 0 Å². The van der Waals surface area contributed by atoms with Crippen LogP contribution in [0.4, 0.5) is 18.9 Å². The number of amides is 1. The first kappa shape index (κ1) is 32.8. The van der Waals surface area contributed by atoms with Crippen molar-refractivity contribution in [1.29, 1.82) is 0 Å². The van der Waals surface area contributed by atoms with E-state index in [0.717, 1.165) is 45.0 Å². The molecular formula is C33H40F3N3O3. The fraction of sp³-hybridized carbons (Fsp3) is 0.394. The number of nitrogens with zero attached hydrogens (tertiary/aromatic N) is 2. The van der Waals surface area contributed by atoms with Crippen LogP contribution >= 0.6 is 0 Å². The van der Waals surface area contributed by atoms with Crippen LogP contribution in [0.15, 0.2) is 72.8 Å². The van der Waals surface area contributed by atoms with E-state index in [1.807, 2.05) is 24.3 Å². The third-order valence-corrected chi connectivity index (χ3v) is 7.04. The van der Waals surface area contributed by atoms with Crippen LogP contribution in [-0.2, 0) is 23.3 Å². The molecule has 1 aliphatic heterocycles. The molecule has 0 atom stereocenters. The molecule has 0 spiro atoms. The van der Waals surface area contributed by atoms with E-state index in [-0.39, 0.29) is 11.3 Å². The molecule has 226 valence electrons. The first-order valence-electron chi connectivity index (χ1n) is 14.0. The molecule has 1 aliphatic rings. The van der Waals surface area contributed by atoms with E-state index in [4.69, 9.17) is 9.90 Å². The molecule has 9 heteroatoms. The Balaban J connectivity index is 0.000000616. The van der Waals surface area contributed by atoms with Gasteiger partial charge in [0.2, 0.25) is 0 Å². The summed E-state index contributed by atoms with van der Waals surface area (Å²) >= 11 is 0. The number of carboxylic acids is 1. The Hall–Kier alpha value is -3.69. The summed E-state index contributed by atoms with van der Waals surface area (Å²) in [6, 6.07) is 25.0. The number of benzene rings is 3. The van der Waals surface area contributed by atoms with Crippen LogP contribution in [0.25, 0.3) is 0 Å². The number of carboxylic acid groups (broad SMARTS) is 1. The Bertz CT molecular complexity index is 1320. The van der Waals surface area contributed by atoms with Crippen LogP contribution in [-0.4, -0.2) is 59.1 Å². The van der Waals surface area contributed by atoms with Gasteiger partial charge in [0, 0.05) is 37.4 Å². The van der Waals surface area contributed by atoms with Crippen LogP contribution in [0.1, 0.15) is 59.8 Å². The average molecular weight is 584 g/mol. The molecule has 3 aromatic rings. The minimum atomic E-state index is -5.08. The van der Waals surface area contributed by atoms with E-state index in [9.17, 15) is 18.0 Å². The molecule has 1 heterocycles. The van der Waals surface area contributed by atoms with Crippen LogP contribution < -0.4 is 5.32 Å². The minimum absolute atomic E-state index is 0.0679. The lowest BCUT2D eigenvalue weighted by Gasteiger charge is -2.22. The van der Waals surface area contributed by atoms with E-state index < -0.39 is 12.1 Å². The molecule has 1 amide bonds. The quantitative estimate of drug-likeness (QED) is 0.331. The second-order valence-corrected chi connectivity index (χ2v) is 11.7. The van der Waals surface area contributed by atoms with Gasteiger partial charge in [-0.2, -0.15) is 13.2 Å². The average Bonchev–Trinajstić information content (AvgIpc) is 3.13. The summed E-state index contributed by atoms with van der Waals surface area (Å²) in [6.07, 6.45) is -3.90. The Kier molecular flexibility index (Phi) is 11.3. The number of rotatable bonds is 6. The molecule has 0 aliphatic carbocycles. The third kappa shape index (κ3) is 10.6. The van der Waals surface area contributed by atoms with Crippen molar-refractivity contribution in [3.8, 4) is 0 Å². The largest absolute Gasteiger partial charge is 0.490 e. The molecule has 1 fully saturated rings. The molecule has 2 N–H and O–H groups in total. The van der Waals surface area contributed by atoms with Crippen molar-refractivity contribution in [1.82, 2.24) is 9.80 Å². The highest BCUT2D eigenvalue weighted by molar-refractivity contribution is 6.04. The number of aliphatic carboxylic acids is 1. The number of aryl methyl sites for hydroxylation is 1. The molecule has 1 saturated heterocycles. The maximum Gasteiger partial charge on any atom is 0.490 e. The lowest BCUT2D eigenvalue weighted by atomic mass is 9.87. The van der Waals surface area contributed by atoms with Gasteiger partial charge in [-0.3, -0.25) is 14.6 Å². The minimum Gasteiger partial charge on any atom is -0.475 e. The topological polar surface area (TPSA) is 72.9 Å². The predicted octanol–water partition coefficient (Wildman–Crippen LogP) is 6.89. The van der Waals surface area contributed by atoms with Gasteiger partial charge in [-0.05, 0) is 72.8 Å². The van der Waals surface area contributed by atoms with Crippen molar-refractivity contribution in [3.63, 3.8) is 0 Å². The number of carbonyl (C=O) groups excluding carboxylic acids is 1. The second kappa shape index (κ2) is 14.5. The Morgan fingerprint density at radius 1 is 0.810 bits per heavy atom. The second-order valence-electron chi connectivity index (χ2n) is 11.7. The monoisotopic (exact) mass is 583 g/mol. The van der Waals surface area contributed by atoms with Gasteiger partial charge in [-0.1, -0.05) is 74.9 Å². The molecule has 4 rings (SSSR count). The molecule has 6 nitrogen and oxygen atoms in total. The highest BCUT2D eigenvalue weighted by Gasteiger charge is 2.38. The van der Waals surface area contributed by atoms with Gasteiger partial charge in [0.05, 0.1) is 0 Å². The maximum atomic E-state index is 12.7. The number of nitrogens with one attached hydrogen (secondary N) is 1. The Morgan fingerprint density at radius 3 is 1.86 bits per heavy atom. The molecular weight excluding hydrogens is 543 g/mol. The molecule has 0 unspecified atom stereocenters. The molecule has 0 saturated carbocycles. The zero-order valence-electron chi connectivity index (χ0n) is 24.7. The zero-order chi connectivity index (χ0) is 30.9. The van der Waals surface area contributed by atoms with E-state index in [0.29, 0.717) is 5.56 Å². The van der Waals surface area contributed by atoms with Crippen molar-refractivity contribution in [2.75, 3.05) is 31.5 Å². The van der Waals surface area contributed by atoms with Crippen LogP contribution in [0.3, 0.4) is 0 Å². The summed E-state index contributed by atoms with van der Waals surface area (Å²) < 4.78 is 31.7. The van der Waals surface area contributed by atoms with Crippen molar-refractivity contribution in [2.45, 2.75) is 58.8 Å². The zero-order valence-corrected chi connectivity index (χ0v) is 24.7.